The summed E-state index contributed by atoms with van der Waals surface area (Å²) in [6.45, 7) is -1.61. The number of aliphatic carboxylic acids is 2. The predicted octanol–water partition coefficient (Wildman–Crippen LogP) is -3.93. The summed E-state index contributed by atoms with van der Waals surface area (Å²) >= 11 is 1.34. The van der Waals surface area contributed by atoms with Crippen molar-refractivity contribution in [3.8, 4) is 0 Å². The van der Waals surface area contributed by atoms with Gasteiger partial charge in [-0.1, -0.05) is 0 Å². The molecule has 0 aliphatic rings. The van der Waals surface area contributed by atoms with E-state index in [1.54, 1.807) is 6.26 Å². The van der Waals surface area contributed by atoms with Gasteiger partial charge >= 0.3 is 11.9 Å². The van der Waals surface area contributed by atoms with Gasteiger partial charge in [-0.25, -0.2) is 4.79 Å². The highest BCUT2D eigenvalue weighted by Crippen LogP contribution is 2.04. The van der Waals surface area contributed by atoms with Gasteiger partial charge in [0.05, 0.1) is 19.6 Å². The van der Waals surface area contributed by atoms with E-state index in [1.807, 2.05) is 0 Å². The number of carbonyl (C=O) groups is 5. The van der Waals surface area contributed by atoms with Gasteiger partial charge in [-0.2, -0.15) is 11.8 Å². The van der Waals surface area contributed by atoms with Crippen molar-refractivity contribution in [3.63, 3.8) is 0 Å². The van der Waals surface area contributed by atoms with Crippen LogP contribution in [0.4, 0.5) is 0 Å². The molecule has 0 rings (SSSR count). The zero-order chi connectivity index (χ0) is 22.6. The van der Waals surface area contributed by atoms with Gasteiger partial charge in [-0.05, 0) is 18.4 Å². The quantitative estimate of drug-likeness (QED) is 0.130. The number of amides is 3. The molecule has 0 spiro atoms. The number of hydrogen-bond donors (Lipinski definition) is 8. The van der Waals surface area contributed by atoms with E-state index < -0.39 is 73.5 Å². The lowest BCUT2D eigenvalue weighted by molar-refractivity contribution is -0.144. The van der Waals surface area contributed by atoms with Gasteiger partial charge in [0.15, 0.2) is 0 Å². The summed E-state index contributed by atoms with van der Waals surface area (Å²) in [5.74, 6) is -5.39. The lowest BCUT2D eigenvalue weighted by Gasteiger charge is -2.24. The molecule has 0 aliphatic heterocycles. The molecule has 0 aromatic rings. The molecule has 0 radical (unpaired) electrons. The molecule has 0 aromatic carbocycles. The Morgan fingerprint density at radius 3 is 1.83 bits per heavy atom. The van der Waals surface area contributed by atoms with Crippen molar-refractivity contribution in [1.82, 2.24) is 16.0 Å². The third kappa shape index (κ3) is 10.1. The molecule has 166 valence electrons. The van der Waals surface area contributed by atoms with Gasteiger partial charge in [0, 0.05) is 0 Å². The fourth-order valence-electron chi connectivity index (χ4n) is 1.98. The summed E-state index contributed by atoms with van der Waals surface area (Å²) in [6, 6.07) is -5.80. The van der Waals surface area contributed by atoms with Crippen LogP contribution in [0, 0.1) is 0 Å². The second-order valence-electron chi connectivity index (χ2n) is 5.87. The number of rotatable bonds is 14. The Morgan fingerprint density at radius 1 is 0.862 bits per heavy atom. The molecule has 4 atom stereocenters. The van der Waals surface area contributed by atoms with Crippen LogP contribution >= 0.6 is 11.8 Å². The minimum atomic E-state index is -1.59. The number of aliphatic hydroxyl groups excluding tert-OH is 2. The van der Waals surface area contributed by atoms with Crippen molar-refractivity contribution < 1.29 is 44.4 Å². The zero-order valence-electron chi connectivity index (χ0n) is 15.7. The van der Waals surface area contributed by atoms with E-state index in [9.17, 15) is 24.0 Å². The van der Waals surface area contributed by atoms with Crippen LogP contribution in [0.5, 0.6) is 0 Å². The lowest BCUT2D eigenvalue weighted by atomic mass is 10.1. The third-order valence-electron chi connectivity index (χ3n) is 3.59. The summed E-state index contributed by atoms with van der Waals surface area (Å²) in [5, 5.41) is 42.2. The summed E-state index contributed by atoms with van der Waals surface area (Å²) in [5.41, 5.74) is 5.32. The Hall–Kier alpha value is -2.42. The zero-order valence-corrected chi connectivity index (χ0v) is 16.5. The van der Waals surface area contributed by atoms with Crippen LogP contribution in [0.25, 0.3) is 0 Å². The van der Waals surface area contributed by atoms with Crippen molar-refractivity contribution in [1.29, 1.82) is 0 Å². The Kier molecular flexibility index (Phi) is 12.6. The van der Waals surface area contributed by atoms with Gasteiger partial charge in [0.2, 0.25) is 17.7 Å². The van der Waals surface area contributed by atoms with Crippen molar-refractivity contribution in [2.24, 2.45) is 5.73 Å². The molecule has 0 saturated carbocycles. The second-order valence-corrected chi connectivity index (χ2v) is 6.86. The first-order valence-corrected chi connectivity index (χ1v) is 9.78. The Balaban J connectivity index is 5.34. The van der Waals surface area contributed by atoms with E-state index in [4.69, 9.17) is 26.2 Å². The molecule has 0 saturated heterocycles. The molecule has 4 unspecified atom stereocenters. The van der Waals surface area contributed by atoms with Crippen LogP contribution in [-0.4, -0.2) is 99.5 Å². The van der Waals surface area contributed by atoms with E-state index in [0.29, 0.717) is 5.75 Å². The van der Waals surface area contributed by atoms with E-state index in [1.165, 1.54) is 11.8 Å². The minimum Gasteiger partial charge on any atom is -0.481 e. The molecule has 14 heteroatoms. The molecule has 3 amide bonds. The van der Waals surface area contributed by atoms with Gasteiger partial charge in [-0.3, -0.25) is 19.2 Å². The highest BCUT2D eigenvalue weighted by molar-refractivity contribution is 7.98. The molecular formula is C15H26N4O9S. The summed E-state index contributed by atoms with van der Waals surface area (Å²) in [6.07, 6.45) is 0.982. The first kappa shape index (κ1) is 26.6. The highest BCUT2D eigenvalue weighted by Gasteiger charge is 2.31. The van der Waals surface area contributed by atoms with Gasteiger partial charge < -0.3 is 42.1 Å². The monoisotopic (exact) mass is 438 g/mol. The number of thioether (sulfide) groups is 1. The standard InChI is InChI=1S/C15H26N4O9S/c1-29-3-2-8(13(25)19-10(6-21)15(27)28)17-14(26)9(4-11(22)23)18-12(24)7(16)5-20/h7-10,20-21H,2-6,16H2,1H3,(H,17,26)(H,18,24)(H,19,25)(H,22,23)(H,27,28). The fourth-order valence-corrected chi connectivity index (χ4v) is 2.45. The van der Waals surface area contributed by atoms with Crippen LogP contribution in [0.1, 0.15) is 12.8 Å². The summed E-state index contributed by atoms with van der Waals surface area (Å²) in [4.78, 5) is 58.5. The van der Waals surface area contributed by atoms with Crippen molar-refractivity contribution in [2.45, 2.75) is 37.0 Å². The fraction of sp³-hybridized carbons (Fsp3) is 0.667. The Labute approximate surface area is 170 Å². The largest absolute Gasteiger partial charge is 0.481 e. The smallest absolute Gasteiger partial charge is 0.328 e. The molecule has 13 nitrogen and oxygen atoms in total. The van der Waals surface area contributed by atoms with Gasteiger partial charge in [-0.15, -0.1) is 0 Å². The molecule has 0 heterocycles. The van der Waals surface area contributed by atoms with Crippen LogP contribution in [0.2, 0.25) is 0 Å². The van der Waals surface area contributed by atoms with Crippen molar-refractivity contribution >= 4 is 41.4 Å². The van der Waals surface area contributed by atoms with Crippen molar-refractivity contribution in [3.05, 3.63) is 0 Å². The minimum absolute atomic E-state index is 0.0698. The number of nitrogens with two attached hydrogens (primary N) is 1. The number of carboxylic acids is 2. The average Bonchev–Trinajstić information content (AvgIpc) is 2.66. The molecule has 0 bridgehead atoms. The summed E-state index contributed by atoms with van der Waals surface area (Å²) in [7, 11) is 0. The topological polar surface area (TPSA) is 228 Å². The van der Waals surface area contributed by atoms with Gasteiger partial charge in [0.1, 0.15) is 24.2 Å². The maximum Gasteiger partial charge on any atom is 0.328 e. The average molecular weight is 438 g/mol. The van der Waals surface area contributed by atoms with Crippen molar-refractivity contribution in [2.75, 3.05) is 25.2 Å². The highest BCUT2D eigenvalue weighted by atomic mass is 32.2. The van der Waals surface area contributed by atoms with Crippen LogP contribution in [-0.2, 0) is 24.0 Å². The van der Waals surface area contributed by atoms with E-state index in [-0.39, 0.29) is 6.42 Å². The number of aliphatic hydroxyl groups is 2. The molecule has 29 heavy (non-hydrogen) atoms. The maximum absolute atomic E-state index is 12.4. The van der Waals surface area contributed by atoms with Crippen LogP contribution < -0.4 is 21.7 Å². The second kappa shape index (κ2) is 13.7. The number of hydrogen-bond acceptors (Lipinski definition) is 9. The van der Waals surface area contributed by atoms with E-state index in [0.717, 1.165) is 0 Å². The van der Waals surface area contributed by atoms with Gasteiger partial charge in [0.25, 0.3) is 0 Å². The van der Waals surface area contributed by atoms with E-state index >= 15 is 0 Å². The molecule has 0 aromatic heterocycles. The Morgan fingerprint density at radius 2 is 1.38 bits per heavy atom. The summed E-state index contributed by atoms with van der Waals surface area (Å²) < 4.78 is 0. The SMILES string of the molecule is CSCCC(NC(=O)C(CC(=O)O)NC(=O)C(N)CO)C(=O)NC(CO)C(=O)O. The normalized spacial score (nSPS) is 14.8. The maximum atomic E-state index is 12.4. The number of carbonyl (C=O) groups excluding carboxylic acids is 3. The van der Waals surface area contributed by atoms with Crippen LogP contribution in [0.3, 0.4) is 0 Å². The predicted molar refractivity (Wildman–Crippen MR) is 101 cm³/mol. The first-order valence-electron chi connectivity index (χ1n) is 8.39. The Bertz CT molecular complexity index is 604. The first-order chi connectivity index (χ1) is 13.6. The third-order valence-corrected chi connectivity index (χ3v) is 4.23. The van der Waals surface area contributed by atoms with E-state index in [2.05, 4.69) is 16.0 Å². The number of nitrogens with one attached hydrogen (secondary N) is 3. The number of carboxylic acid groups (broad SMARTS) is 2. The van der Waals surface area contributed by atoms with Crippen LogP contribution in [0.15, 0.2) is 0 Å². The molecular weight excluding hydrogens is 412 g/mol. The molecule has 0 fully saturated rings. The molecule has 9 N–H and O–H groups in total. The lowest BCUT2D eigenvalue weighted by Crippen LogP contribution is -2.58. The molecule has 0 aliphatic carbocycles.